The van der Waals surface area contributed by atoms with E-state index >= 15 is 0 Å². The van der Waals surface area contributed by atoms with Gasteiger partial charge in [0.15, 0.2) is 0 Å². The Labute approximate surface area is 89.5 Å². The van der Waals surface area contributed by atoms with Crippen molar-refractivity contribution < 1.29 is 0 Å². The molecule has 2 rings (SSSR count). The van der Waals surface area contributed by atoms with Gasteiger partial charge in [-0.2, -0.15) is 5.10 Å². The van der Waals surface area contributed by atoms with E-state index in [4.69, 9.17) is 0 Å². The van der Waals surface area contributed by atoms with E-state index in [1.807, 2.05) is 12.3 Å². The summed E-state index contributed by atoms with van der Waals surface area (Å²) in [6.07, 6.45) is 5.91. The maximum atomic E-state index is 3.87. The largest absolute Gasteiger partial charge is 0.383 e. The Morgan fingerprint density at radius 3 is 2.80 bits per heavy atom. The fraction of sp³-hybridized carbons (Fsp3) is 0.250. The van der Waals surface area contributed by atoms with Crippen LogP contribution in [0, 0.1) is 0 Å². The molecule has 0 aliphatic heterocycles. The monoisotopic (exact) mass is 201 g/mol. The summed E-state index contributed by atoms with van der Waals surface area (Å²) in [6, 6.07) is 10.5. The topological polar surface area (TPSA) is 40.7 Å². The van der Waals surface area contributed by atoms with Crippen molar-refractivity contribution in [2.45, 2.75) is 12.8 Å². The molecular weight excluding hydrogens is 186 g/mol. The Hall–Kier alpha value is -1.77. The lowest BCUT2D eigenvalue weighted by atomic mass is 10.1. The molecule has 0 radical (unpaired) electrons. The summed E-state index contributed by atoms with van der Waals surface area (Å²) in [7, 11) is 0. The average Bonchev–Trinajstić information content (AvgIpc) is 2.79. The predicted octanol–water partition coefficient (Wildman–Crippen LogP) is 2.45. The van der Waals surface area contributed by atoms with Crippen molar-refractivity contribution in [2.24, 2.45) is 0 Å². The summed E-state index contributed by atoms with van der Waals surface area (Å²) < 4.78 is 0. The molecule has 0 saturated carbocycles. The Kier molecular flexibility index (Phi) is 3.38. The van der Waals surface area contributed by atoms with Crippen molar-refractivity contribution in [3.05, 3.63) is 48.3 Å². The van der Waals surface area contributed by atoms with Crippen LogP contribution < -0.4 is 5.32 Å². The van der Waals surface area contributed by atoms with Gasteiger partial charge >= 0.3 is 0 Å². The van der Waals surface area contributed by atoms with Crippen molar-refractivity contribution in [1.29, 1.82) is 0 Å². The number of anilines is 1. The van der Waals surface area contributed by atoms with Crippen molar-refractivity contribution in [1.82, 2.24) is 10.2 Å². The third-order valence-electron chi connectivity index (χ3n) is 2.31. The summed E-state index contributed by atoms with van der Waals surface area (Å²) >= 11 is 0. The summed E-state index contributed by atoms with van der Waals surface area (Å²) in [5, 5.41) is 9.95. The first kappa shape index (κ1) is 9.77. The van der Waals surface area contributed by atoms with Crippen molar-refractivity contribution in [3.8, 4) is 0 Å². The third-order valence-corrected chi connectivity index (χ3v) is 2.31. The first-order valence-electron chi connectivity index (χ1n) is 5.22. The van der Waals surface area contributed by atoms with Gasteiger partial charge < -0.3 is 5.32 Å². The highest BCUT2D eigenvalue weighted by Gasteiger charge is 1.93. The predicted molar refractivity (Wildman–Crippen MR) is 61.8 cm³/mol. The van der Waals surface area contributed by atoms with Gasteiger partial charge in [-0.25, -0.2) is 0 Å². The number of nitrogens with one attached hydrogen (secondary N) is 2. The maximum Gasteiger partial charge on any atom is 0.0723 e. The fourth-order valence-corrected chi connectivity index (χ4v) is 1.52. The average molecular weight is 201 g/mol. The molecule has 3 nitrogen and oxygen atoms in total. The van der Waals surface area contributed by atoms with Crippen LogP contribution in [0.2, 0.25) is 0 Å². The number of hydrogen-bond donors (Lipinski definition) is 2. The first-order chi connectivity index (χ1) is 7.45. The van der Waals surface area contributed by atoms with Gasteiger partial charge in [0.05, 0.1) is 11.9 Å². The molecule has 0 aliphatic rings. The van der Waals surface area contributed by atoms with Gasteiger partial charge in [-0.3, -0.25) is 5.10 Å². The lowest BCUT2D eigenvalue weighted by Gasteiger charge is -2.03. The molecule has 0 amide bonds. The smallest absolute Gasteiger partial charge is 0.0723 e. The van der Waals surface area contributed by atoms with E-state index in [9.17, 15) is 0 Å². The third kappa shape index (κ3) is 3.13. The van der Waals surface area contributed by atoms with Gasteiger partial charge in [0, 0.05) is 12.7 Å². The molecule has 0 fully saturated rings. The highest BCUT2D eigenvalue weighted by atomic mass is 15.1. The molecule has 0 saturated heterocycles. The second-order valence-electron chi connectivity index (χ2n) is 3.50. The summed E-state index contributed by atoms with van der Waals surface area (Å²) in [5.74, 6) is 0. The Morgan fingerprint density at radius 2 is 2.07 bits per heavy atom. The molecule has 78 valence electrons. The maximum absolute atomic E-state index is 3.87. The first-order valence-corrected chi connectivity index (χ1v) is 5.22. The molecule has 0 spiro atoms. The summed E-state index contributed by atoms with van der Waals surface area (Å²) in [5.41, 5.74) is 2.45. The lowest BCUT2D eigenvalue weighted by molar-refractivity contribution is 0.863. The summed E-state index contributed by atoms with van der Waals surface area (Å²) in [6.45, 7) is 0.981. The molecule has 1 heterocycles. The van der Waals surface area contributed by atoms with Crippen LogP contribution in [0.5, 0.6) is 0 Å². The van der Waals surface area contributed by atoms with E-state index < -0.39 is 0 Å². The van der Waals surface area contributed by atoms with Crippen LogP contribution in [0.4, 0.5) is 5.69 Å². The molecule has 1 aromatic heterocycles. The molecule has 0 unspecified atom stereocenters. The van der Waals surface area contributed by atoms with Crippen molar-refractivity contribution >= 4 is 5.69 Å². The number of rotatable bonds is 5. The minimum Gasteiger partial charge on any atom is -0.383 e. The van der Waals surface area contributed by atoms with Crippen molar-refractivity contribution in [3.63, 3.8) is 0 Å². The second-order valence-corrected chi connectivity index (χ2v) is 3.50. The SMILES string of the molecule is c1ccc(CCCNc2cn[nH]c2)cc1. The van der Waals surface area contributed by atoms with Crippen LogP contribution in [-0.4, -0.2) is 16.7 Å². The Balaban J connectivity index is 1.68. The van der Waals surface area contributed by atoms with Crippen LogP contribution in [0.15, 0.2) is 42.7 Å². The minimum absolute atomic E-state index is 0.981. The van der Waals surface area contributed by atoms with Crippen LogP contribution in [-0.2, 0) is 6.42 Å². The van der Waals surface area contributed by atoms with E-state index in [1.165, 1.54) is 5.56 Å². The van der Waals surface area contributed by atoms with Gasteiger partial charge in [-0.1, -0.05) is 30.3 Å². The van der Waals surface area contributed by atoms with Gasteiger partial charge in [0.1, 0.15) is 0 Å². The van der Waals surface area contributed by atoms with E-state index in [1.54, 1.807) is 6.20 Å². The molecule has 15 heavy (non-hydrogen) atoms. The highest BCUT2D eigenvalue weighted by molar-refractivity contribution is 5.37. The normalized spacial score (nSPS) is 10.1. The van der Waals surface area contributed by atoms with Gasteiger partial charge in [0.2, 0.25) is 0 Å². The second kappa shape index (κ2) is 5.20. The molecule has 0 bridgehead atoms. The van der Waals surface area contributed by atoms with Gasteiger partial charge in [0.25, 0.3) is 0 Å². The number of benzene rings is 1. The molecule has 0 aliphatic carbocycles. The Bertz CT molecular complexity index is 367. The molecule has 1 aromatic carbocycles. The number of nitrogens with zero attached hydrogens (tertiary/aromatic N) is 1. The highest BCUT2D eigenvalue weighted by Crippen LogP contribution is 2.04. The number of aryl methyl sites for hydroxylation is 1. The molecular formula is C12H15N3. The number of hydrogen-bond acceptors (Lipinski definition) is 2. The van der Waals surface area contributed by atoms with Crippen LogP contribution in [0.1, 0.15) is 12.0 Å². The molecule has 0 atom stereocenters. The van der Waals surface area contributed by atoms with Crippen LogP contribution >= 0.6 is 0 Å². The molecule has 2 N–H and O–H groups in total. The molecule has 3 heteroatoms. The van der Waals surface area contributed by atoms with Crippen LogP contribution in [0.3, 0.4) is 0 Å². The number of aromatic nitrogens is 2. The summed E-state index contributed by atoms with van der Waals surface area (Å²) in [4.78, 5) is 0. The number of aromatic amines is 1. The minimum atomic E-state index is 0.981. The van der Waals surface area contributed by atoms with Crippen LogP contribution in [0.25, 0.3) is 0 Å². The standard InChI is InChI=1S/C12H15N3/c1-2-5-11(6-3-1)7-4-8-13-12-9-14-15-10-12/h1-3,5-6,9-10,13H,4,7-8H2,(H,14,15). The zero-order chi connectivity index (χ0) is 10.3. The van der Waals surface area contributed by atoms with E-state index in [0.717, 1.165) is 25.1 Å². The zero-order valence-corrected chi connectivity index (χ0v) is 8.61. The zero-order valence-electron chi connectivity index (χ0n) is 8.61. The van der Waals surface area contributed by atoms with E-state index in [-0.39, 0.29) is 0 Å². The number of H-pyrrole nitrogens is 1. The Morgan fingerprint density at radius 1 is 1.20 bits per heavy atom. The lowest BCUT2D eigenvalue weighted by Crippen LogP contribution is -2.01. The fourth-order valence-electron chi connectivity index (χ4n) is 1.52. The molecule has 2 aromatic rings. The van der Waals surface area contributed by atoms with Crippen molar-refractivity contribution in [2.75, 3.05) is 11.9 Å². The van der Waals surface area contributed by atoms with Gasteiger partial charge in [-0.05, 0) is 18.4 Å². The van der Waals surface area contributed by atoms with Gasteiger partial charge in [-0.15, -0.1) is 0 Å². The quantitative estimate of drug-likeness (QED) is 0.729. The van der Waals surface area contributed by atoms with E-state index in [0.29, 0.717) is 0 Å². The van der Waals surface area contributed by atoms with E-state index in [2.05, 4.69) is 39.8 Å².